The van der Waals surface area contributed by atoms with E-state index < -0.39 is 0 Å². The van der Waals surface area contributed by atoms with Gasteiger partial charge in [0.1, 0.15) is 0 Å². The number of hydrogen-bond donors (Lipinski definition) is 0. The Morgan fingerprint density at radius 1 is 0.667 bits per heavy atom. The molecular weight excluding hydrogens is 376 g/mol. The quantitative estimate of drug-likeness (QED) is 0.122. The van der Waals surface area contributed by atoms with Gasteiger partial charge < -0.3 is 9.47 Å². The van der Waals surface area contributed by atoms with E-state index >= 15 is 0 Å². The van der Waals surface area contributed by atoms with Crippen molar-refractivity contribution < 1.29 is 19.1 Å². The summed E-state index contributed by atoms with van der Waals surface area (Å²) in [7, 11) is 0. The minimum Gasteiger partial charge on any atom is -0.463 e. The van der Waals surface area contributed by atoms with Gasteiger partial charge in [-0.05, 0) is 18.8 Å². The zero-order chi connectivity index (χ0) is 22.9. The molecule has 0 saturated carbocycles. The molecule has 30 heavy (non-hydrogen) atoms. The maximum absolute atomic E-state index is 10.7. The number of esters is 2. The van der Waals surface area contributed by atoms with Crippen molar-refractivity contribution in [2.75, 3.05) is 13.2 Å². The van der Waals surface area contributed by atoms with Gasteiger partial charge in [-0.1, -0.05) is 111 Å². The van der Waals surface area contributed by atoms with Crippen molar-refractivity contribution in [1.82, 2.24) is 0 Å². The van der Waals surface area contributed by atoms with E-state index in [9.17, 15) is 9.59 Å². The van der Waals surface area contributed by atoms with E-state index in [0.29, 0.717) is 13.2 Å². The molecule has 0 radical (unpaired) electrons. The zero-order valence-corrected chi connectivity index (χ0v) is 20.1. The Bertz CT molecular complexity index is 415. The highest BCUT2D eigenvalue weighted by atomic mass is 16.5. The molecule has 0 spiro atoms. The minimum atomic E-state index is -0.310. The summed E-state index contributed by atoms with van der Waals surface area (Å²) in [6.45, 7) is 14.5. The lowest BCUT2D eigenvalue weighted by atomic mass is 10.0. The Morgan fingerprint density at radius 3 is 1.40 bits per heavy atom. The Labute approximate surface area is 186 Å². The second kappa shape index (κ2) is 25.5. The van der Waals surface area contributed by atoms with Crippen molar-refractivity contribution in [2.24, 2.45) is 5.92 Å². The van der Waals surface area contributed by atoms with Crippen LogP contribution in [0, 0.1) is 5.92 Å². The van der Waals surface area contributed by atoms with Crippen molar-refractivity contribution in [2.45, 2.75) is 111 Å². The lowest BCUT2D eigenvalue weighted by Crippen LogP contribution is -2.01. The molecule has 4 heteroatoms. The molecule has 0 unspecified atom stereocenters. The third-order valence-electron chi connectivity index (χ3n) is 4.75. The first-order valence-electron chi connectivity index (χ1n) is 12.1. The molecule has 4 nitrogen and oxygen atoms in total. The van der Waals surface area contributed by atoms with Crippen LogP contribution in [0.15, 0.2) is 25.3 Å². The van der Waals surface area contributed by atoms with Crippen LogP contribution in [0.2, 0.25) is 0 Å². The van der Waals surface area contributed by atoms with E-state index in [-0.39, 0.29) is 11.9 Å². The summed E-state index contributed by atoms with van der Waals surface area (Å²) < 4.78 is 9.76. The average Bonchev–Trinajstić information content (AvgIpc) is 2.74. The van der Waals surface area contributed by atoms with Gasteiger partial charge in [0.15, 0.2) is 0 Å². The van der Waals surface area contributed by atoms with Crippen LogP contribution in [0.1, 0.15) is 111 Å². The molecule has 0 rings (SSSR count). The van der Waals surface area contributed by atoms with Gasteiger partial charge in [0.05, 0.1) is 13.2 Å². The lowest BCUT2D eigenvalue weighted by Gasteiger charge is -2.04. The fourth-order valence-electron chi connectivity index (χ4n) is 2.88. The second-order valence-electron chi connectivity index (χ2n) is 8.17. The molecule has 0 aliphatic rings. The minimum absolute atomic E-state index is 0.307. The highest BCUT2D eigenvalue weighted by Crippen LogP contribution is 2.10. The van der Waals surface area contributed by atoms with Gasteiger partial charge in [-0.25, -0.2) is 9.59 Å². The topological polar surface area (TPSA) is 52.6 Å². The van der Waals surface area contributed by atoms with E-state index in [1.807, 2.05) is 0 Å². The Morgan fingerprint density at radius 2 is 1.03 bits per heavy atom. The number of hydrogen-bond acceptors (Lipinski definition) is 4. The van der Waals surface area contributed by atoms with Crippen molar-refractivity contribution in [3.05, 3.63) is 25.3 Å². The molecule has 0 aromatic rings. The third kappa shape index (κ3) is 28.6. The first-order chi connectivity index (χ1) is 14.5. The van der Waals surface area contributed by atoms with E-state index in [2.05, 4.69) is 33.9 Å². The molecule has 0 N–H and O–H groups in total. The fraction of sp³-hybridized carbons (Fsp3) is 0.769. The Hall–Kier alpha value is -1.58. The first kappa shape index (κ1) is 30.6. The second-order valence-corrected chi connectivity index (χ2v) is 8.17. The third-order valence-corrected chi connectivity index (χ3v) is 4.75. The number of ether oxygens (including phenoxy) is 2. The highest BCUT2D eigenvalue weighted by Gasteiger charge is 1.97. The van der Waals surface area contributed by atoms with Gasteiger partial charge in [0, 0.05) is 12.2 Å². The standard InChI is InChI=1S/2C13H24O2/c1-4-13(14)15-11-9-7-5-6-8-10-12(2)3;1-3-5-6-7-8-9-10-11-12-15-13(14)4-2/h4,12H,1,5-11H2,2-3H3;4H,2-3,5-12H2,1H3. The highest BCUT2D eigenvalue weighted by molar-refractivity contribution is 5.81. The number of unbranched alkanes of at least 4 members (excludes halogenated alkanes) is 11. The number of carbonyl (C=O) groups is 2. The van der Waals surface area contributed by atoms with Gasteiger partial charge in [-0.2, -0.15) is 0 Å². The van der Waals surface area contributed by atoms with Gasteiger partial charge >= 0.3 is 11.9 Å². The normalized spacial score (nSPS) is 10.1. The van der Waals surface area contributed by atoms with Crippen LogP contribution < -0.4 is 0 Å². The molecule has 0 amide bonds. The maximum atomic E-state index is 10.7. The molecule has 0 heterocycles. The smallest absolute Gasteiger partial charge is 0.330 e. The molecule has 0 aromatic heterocycles. The monoisotopic (exact) mass is 424 g/mol. The lowest BCUT2D eigenvalue weighted by molar-refractivity contribution is -0.138. The average molecular weight is 425 g/mol. The number of rotatable bonds is 19. The van der Waals surface area contributed by atoms with Gasteiger partial charge in [-0.3, -0.25) is 0 Å². The van der Waals surface area contributed by atoms with Crippen LogP contribution in [0.4, 0.5) is 0 Å². The molecule has 0 bridgehead atoms. The van der Waals surface area contributed by atoms with Crippen molar-refractivity contribution >= 4 is 11.9 Å². The van der Waals surface area contributed by atoms with Crippen LogP contribution in [-0.2, 0) is 19.1 Å². The fourth-order valence-corrected chi connectivity index (χ4v) is 2.88. The Balaban J connectivity index is 0. The van der Waals surface area contributed by atoms with E-state index in [1.54, 1.807) is 0 Å². The molecule has 0 aliphatic heterocycles. The molecule has 0 atom stereocenters. The van der Waals surface area contributed by atoms with Crippen LogP contribution in [0.5, 0.6) is 0 Å². The maximum Gasteiger partial charge on any atom is 0.330 e. The van der Waals surface area contributed by atoms with Crippen molar-refractivity contribution in [3.63, 3.8) is 0 Å². The van der Waals surface area contributed by atoms with E-state index in [4.69, 9.17) is 9.47 Å². The predicted octanol–water partition coefficient (Wildman–Crippen LogP) is 7.57. The molecule has 176 valence electrons. The molecule has 0 aromatic carbocycles. The molecule has 0 aliphatic carbocycles. The van der Waals surface area contributed by atoms with Crippen LogP contribution in [0.3, 0.4) is 0 Å². The molecular formula is C26H48O4. The van der Waals surface area contributed by atoms with Gasteiger partial charge in [0.25, 0.3) is 0 Å². The zero-order valence-electron chi connectivity index (χ0n) is 20.1. The summed E-state index contributed by atoms with van der Waals surface area (Å²) >= 11 is 0. The summed E-state index contributed by atoms with van der Waals surface area (Å²) in [5.41, 5.74) is 0. The number of carbonyl (C=O) groups excluding carboxylic acids is 2. The van der Waals surface area contributed by atoms with Crippen molar-refractivity contribution in [1.29, 1.82) is 0 Å². The summed E-state index contributed by atoms with van der Waals surface area (Å²) in [4.78, 5) is 21.4. The van der Waals surface area contributed by atoms with Crippen molar-refractivity contribution in [3.8, 4) is 0 Å². The Kier molecular flexibility index (Phi) is 26.0. The first-order valence-corrected chi connectivity index (χ1v) is 12.1. The van der Waals surface area contributed by atoms with Gasteiger partial charge in [0.2, 0.25) is 0 Å². The summed E-state index contributed by atoms with van der Waals surface area (Å²) in [6.07, 6.45) is 19.8. The summed E-state index contributed by atoms with van der Waals surface area (Å²) in [6, 6.07) is 0. The SMILES string of the molecule is C=CC(=O)OCCCCCCCC(C)C.C=CC(=O)OCCCCCCCCCC. The van der Waals surface area contributed by atoms with Gasteiger partial charge in [-0.15, -0.1) is 0 Å². The van der Waals surface area contributed by atoms with Crippen LogP contribution >= 0.6 is 0 Å². The van der Waals surface area contributed by atoms with E-state index in [1.165, 1.54) is 76.4 Å². The van der Waals surface area contributed by atoms with Crippen LogP contribution in [-0.4, -0.2) is 25.2 Å². The van der Waals surface area contributed by atoms with Crippen LogP contribution in [0.25, 0.3) is 0 Å². The molecule has 0 saturated heterocycles. The summed E-state index contributed by atoms with van der Waals surface area (Å²) in [5.74, 6) is 0.200. The van der Waals surface area contributed by atoms with E-state index in [0.717, 1.165) is 31.6 Å². The largest absolute Gasteiger partial charge is 0.463 e. The summed E-state index contributed by atoms with van der Waals surface area (Å²) in [5, 5.41) is 0. The predicted molar refractivity (Wildman–Crippen MR) is 127 cm³/mol. The molecule has 0 fully saturated rings.